The summed E-state index contributed by atoms with van der Waals surface area (Å²) >= 11 is 11.8. The molecule has 1 aromatic rings. The minimum absolute atomic E-state index is 0.0238. The molecule has 1 saturated carbocycles. The standard InChI is InChI=1S/C16H22Cl2N2O2S/c17-15-4-3-13(9-16(15)18)11-23(21,22)20-7-5-14(6-8-20)19-10-12-1-2-12/h3-4,9,12,14,19H,1-2,5-8,10-11H2. The zero-order valence-electron chi connectivity index (χ0n) is 13.0. The summed E-state index contributed by atoms with van der Waals surface area (Å²) < 4.78 is 26.7. The minimum atomic E-state index is -3.30. The number of nitrogens with zero attached hydrogens (tertiary/aromatic N) is 1. The normalized spacial score (nSPS) is 20.8. The van der Waals surface area contributed by atoms with Crippen molar-refractivity contribution >= 4 is 33.2 Å². The number of halogens is 2. The summed E-state index contributed by atoms with van der Waals surface area (Å²) in [7, 11) is -3.30. The van der Waals surface area contributed by atoms with E-state index in [2.05, 4.69) is 5.32 Å². The highest BCUT2D eigenvalue weighted by Crippen LogP contribution is 2.28. The fourth-order valence-electron chi connectivity index (χ4n) is 2.92. The third-order valence-electron chi connectivity index (χ3n) is 4.57. The first-order valence-corrected chi connectivity index (χ1v) is 10.5. The van der Waals surface area contributed by atoms with Crippen molar-refractivity contribution in [1.29, 1.82) is 0 Å². The minimum Gasteiger partial charge on any atom is -0.314 e. The van der Waals surface area contributed by atoms with E-state index in [1.807, 2.05) is 0 Å². The smallest absolute Gasteiger partial charge is 0.218 e. The van der Waals surface area contributed by atoms with E-state index in [1.54, 1.807) is 22.5 Å². The van der Waals surface area contributed by atoms with Crippen LogP contribution in [0.25, 0.3) is 0 Å². The van der Waals surface area contributed by atoms with Crippen molar-refractivity contribution in [3.05, 3.63) is 33.8 Å². The second kappa shape index (κ2) is 7.28. The molecule has 1 aliphatic heterocycles. The molecule has 2 aliphatic rings. The van der Waals surface area contributed by atoms with Gasteiger partial charge in [-0.25, -0.2) is 12.7 Å². The molecule has 1 aliphatic carbocycles. The monoisotopic (exact) mass is 376 g/mol. The van der Waals surface area contributed by atoms with Gasteiger partial charge >= 0.3 is 0 Å². The van der Waals surface area contributed by atoms with Crippen molar-refractivity contribution in [3.8, 4) is 0 Å². The lowest BCUT2D eigenvalue weighted by atomic mass is 10.1. The van der Waals surface area contributed by atoms with Crippen LogP contribution in [0.5, 0.6) is 0 Å². The summed E-state index contributed by atoms with van der Waals surface area (Å²) in [5.74, 6) is 0.829. The molecule has 0 unspecified atom stereocenters. The molecule has 0 atom stereocenters. The highest BCUT2D eigenvalue weighted by molar-refractivity contribution is 7.88. The molecule has 1 N–H and O–H groups in total. The molecule has 7 heteroatoms. The lowest BCUT2D eigenvalue weighted by molar-refractivity contribution is 0.287. The van der Waals surface area contributed by atoms with E-state index in [9.17, 15) is 8.42 Å². The average molecular weight is 377 g/mol. The van der Waals surface area contributed by atoms with Crippen molar-refractivity contribution in [2.24, 2.45) is 5.92 Å². The molecule has 0 aromatic heterocycles. The molecule has 0 spiro atoms. The summed E-state index contributed by atoms with van der Waals surface area (Å²) in [4.78, 5) is 0. The Morgan fingerprint density at radius 1 is 1.09 bits per heavy atom. The largest absolute Gasteiger partial charge is 0.314 e. The Labute approximate surface area is 148 Å². The van der Waals surface area contributed by atoms with E-state index < -0.39 is 10.0 Å². The van der Waals surface area contributed by atoms with E-state index >= 15 is 0 Å². The fraction of sp³-hybridized carbons (Fsp3) is 0.625. The SMILES string of the molecule is O=S(=O)(Cc1ccc(Cl)c(Cl)c1)N1CCC(NCC2CC2)CC1. The van der Waals surface area contributed by atoms with Crippen molar-refractivity contribution in [3.63, 3.8) is 0 Å². The van der Waals surface area contributed by atoms with E-state index in [-0.39, 0.29) is 5.75 Å². The van der Waals surface area contributed by atoms with Gasteiger partial charge in [-0.05, 0) is 55.8 Å². The van der Waals surface area contributed by atoms with Gasteiger partial charge in [0.2, 0.25) is 10.0 Å². The third kappa shape index (κ3) is 4.83. The molecule has 0 amide bonds. The fourth-order valence-corrected chi connectivity index (χ4v) is 4.80. The second-order valence-corrected chi connectivity index (χ2v) is 9.31. The summed E-state index contributed by atoms with van der Waals surface area (Å²) in [6.07, 6.45) is 4.44. The summed E-state index contributed by atoms with van der Waals surface area (Å²) in [5, 5.41) is 4.40. The van der Waals surface area contributed by atoms with Crippen molar-refractivity contribution in [1.82, 2.24) is 9.62 Å². The maximum atomic E-state index is 12.6. The Hall–Kier alpha value is -0.330. The Kier molecular flexibility index (Phi) is 5.53. The Morgan fingerprint density at radius 2 is 1.78 bits per heavy atom. The van der Waals surface area contributed by atoms with Gasteiger partial charge in [0.1, 0.15) is 0 Å². The van der Waals surface area contributed by atoms with Gasteiger partial charge in [0.25, 0.3) is 0 Å². The first kappa shape index (κ1) is 17.5. The van der Waals surface area contributed by atoms with Gasteiger partial charge in [0, 0.05) is 19.1 Å². The van der Waals surface area contributed by atoms with E-state index in [1.165, 1.54) is 12.8 Å². The maximum Gasteiger partial charge on any atom is 0.218 e. The molecule has 23 heavy (non-hydrogen) atoms. The quantitative estimate of drug-likeness (QED) is 0.828. The Balaban J connectivity index is 1.54. The highest BCUT2D eigenvalue weighted by atomic mass is 35.5. The van der Waals surface area contributed by atoms with Crippen LogP contribution in [0.2, 0.25) is 10.0 Å². The van der Waals surface area contributed by atoms with Gasteiger partial charge < -0.3 is 5.32 Å². The van der Waals surface area contributed by atoms with Crippen LogP contribution in [-0.4, -0.2) is 38.4 Å². The molecular weight excluding hydrogens is 355 g/mol. The maximum absolute atomic E-state index is 12.6. The van der Waals surface area contributed by atoms with Crippen LogP contribution in [0, 0.1) is 5.92 Å². The van der Waals surface area contributed by atoms with Crippen LogP contribution >= 0.6 is 23.2 Å². The van der Waals surface area contributed by atoms with Crippen molar-refractivity contribution in [2.45, 2.75) is 37.5 Å². The van der Waals surface area contributed by atoms with E-state index in [4.69, 9.17) is 23.2 Å². The highest BCUT2D eigenvalue weighted by Gasteiger charge is 2.29. The molecule has 0 radical (unpaired) electrons. The number of nitrogens with one attached hydrogen (secondary N) is 1. The first-order valence-electron chi connectivity index (χ1n) is 8.09. The van der Waals surface area contributed by atoms with Gasteiger partial charge in [0.05, 0.1) is 15.8 Å². The van der Waals surface area contributed by atoms with E-state index in [0.717, 1.165) is 25.3 Å². The molecule has 2 fully saturated rings. The number of piperidine rings is 1. The molecule has 1 aromatic carbocycles. The number of benzene rings is 1. The average Bonchev–Trinajstić information content (AvgIpc) is 3.33. The zero-order chi connectivity index (χ0) is 16.4. The second-order valence-electron chi connectivity index (χ2n) is 6.53. The molecule has 1 heterocycles. The number of hydrogen-bond acceptors (Lipinski definition) is 3. The predicted molar refractivity (Wildman–Crippen MR) is 94.4 cm³/mol. The van der Waals surface area contributed by atoms with Crippen LogP contribution in [0.1, 0.15) is 31.2 Å². The molecule has 4 nitrogen and oxygen atoms in total. The van der Waals surface area contributed by atoms with Crippen molar-refractivity contribution < 1.29 is 8.42 Å². The first-order chi connectivity index (χ1) is 10.9. The van der Waals surface area contributed by atoms with Crippen LogP contribution in [-0.2, 0) is 15.8 Å². The Morgan fingerprint density at radius 3 is 2.39 bits per heavy atom. The van der Waals surface area contributed by atoms with Crippen LogP contribution < -0.4 is 5.32 Å². The Bertz CT molecular complexity index is 654. The summed E-state index contributed by atoms with van der Waals surface area (Å²) in [5.41, 5.74) is 0.674. The molecular formula is C16H22Cl2N2O2S. The molecule has 0 bridgehead atoms. The molecule has 1 saturated heterocycles. The van der Waals surface area contributed by atoms with Gasteiger partial charge in [-0.1, -0.05) is 29.3 Å². The van der Waals surface area contributed by atoms with Gasteiger partial charge in [0.15, 0.2) is 0 Å². The predicted octanol–water partition coefficient (Wildman–Crippen LogP) is 3.29. The zero-order valence-corrected chi connectivity index (χ0v) is 15.3. The summed E-state index contributed by atoms with van der Waals surface area (Å²) in [6, 6.07) is 5.44. The van der Waals surface area contributed by atoms with Crippen LogP contribution in [0.3, 0.4) is 0 Å². The number of rotatable bonds is 6. The summed E-state index contributed by atoms with van der Waals surface area (Å²) in [6.45, 7) is 2.26. The molecule has 128 valence electrons. The number of hydrogen-bond donors (Lipinski definition) is 1. The third-order valence-corrected chi connectivity index (χ3v) is 7.16. The van der Waals surface area contributed by atoms with E-state index in [0.29, 0.717) is 34.7 Å². The topological polar surface area (TPSA) is 49.4 Å². The van der Waals surface area contributed by atoms with Crippen molar-refractivity contribution in [2.75, 3.05) is 19.6 Å². The lowest BCUT2D eigenvalue weighted by Crippen LogP contribution is -2.45. The van der Waals surface area contributed by atoms with Crippen LogP contribution in [0.4, 0.5) is 0 Å². The number of sulfonamides is 1. The van der Waals surface area contributed by atoms with Gasteiger partial charge in [-0.3, -0.25) is 0 Å². The molecule has 3 rings (SSSR count). The van der Waals surface area contributed by atoms with Gasteiger partial charge in [-0.15, -0.1) is 0 Å². The van der Waals surface area contributed by atoms with Gasteiger partial charge in [-0.2, -0.15) is 0 Å². The lowest BCUT2D eigenvalue weighted by Gasteiger charge is -2.31. The van der Waals surface area contributed by atoms with Crippen LogP contribution in [0.15, 0.2) is 18.2 Å².